The summed E-state index contributed by atoms with van der Waals surface area (Å²) in [6.07, 6.45) is 0.890. The number of ether oxygens (including phenoxy) is 1. The van der Waals surface area contributed by atoms with Crippen LogP contribution in [0.1, 0.15) is 28.8 Å². The number of rotatable bonds is 7. The van der Waals surface area contributed by atoms with E-state index >= 15 is 0 Å². The number of benzene rings is 2. The first-order valence-corrected chi connectivity index (χ1v) is 10.5. The molecule has 1 N–H and O–H groups in total. The number of aryl methyl sites for hydroxylation is 2. The molecule has 2 aromatic carbocycles. The lowest BCUT2D eigenvalue weighted by atomic mass is 10.0. The van der Waals surface area contributed by atoms with Crippen molar-refractivity contribution in [3.05, 3.63) is 69.6 Å². The molecule has 3 aromatic rings. The van der Waals surface area contributed by atoms with Crippen molar-refractivity contribution < 1.29 is 9.53 Å². The molecule has 4 nitrogen and oxygen atoms in total. The highest BCUT2D eigenvalue weighted by Crippen LogP contribution is 2.39. The SMILES string of the molecule is Cc1cc(Cl)ccc1OCCCC(=O)Nc1sc(C)c(-c2ccccc2)c1C#N. The van der Waals surface area contributed by atoms with Crippen LogP contribution in [0.4, 0.5) is 5.00 Å². The second-order valence-corrected chi connectivity index (χ2v) is 8.29. The fraction of sp³-hybridized carbons (Fsp3) is 0.217. The molecule has 1 amide bonds. The van der Waals surface area contributed by atoms with Gasteiger partial charge in [-0.15, -0.1) is 11.3 Å². The average molecular weight is 425 g/mol. The Bertz CT molecular complexity index is 1050. The molecule has 0 aliphatic rings. The molecule has 0 saturated carbocycles. The number of nitrogens with one attached hydrogen (secondary N) is 1. The minimum absolute atomic E-state index is 0.126. The Kier molecular flexibility index (Phi) is 6.92. The molecule has 0 radical (unpaired) electrons. The minimum Gasteiger partial charge on any atom is -0.493 e. The number of carbonyl (C=O) groups is 1. The van der Waals surface area contributed by atoms with Crippen LogP contribution in [0.25, 0.3) is 11.1 Å². The average Bonchev–Trinajstić information content (AvgIpc) is 3.02. The monoisotopic (exact) mass is 424 g/mol. The van der Waals surface area contributed by atoms with Crippen molar-refractivity contribution in [1.29, 1.82) is 5.26 Å². The van der Waals surface area contributed by atoms with Crippen molar-refractivity contribution in [3.8, 4) is 22.9 Å². The van der Waals surface area contributed by atoms with Gasteiger partial charge >= 0.3 is 0 Å². The summed E-state index contributed by atoms with van der Waals surface area (Å²) in [7, 11) is 0. The van der Waals surface area contributed by atoms with Crippen LogP contribution in [0.15, 0.2) is 48.5 Å². The summed E-state index contributed by atoms with van der Waals surface area (Å²) in [5.74, 6) is 0.641. The maximum Gasteiger partial charge on any atom is 0.225 e. The van der Waals surface area contributed by atoms with Gasteiger partial charge in [-0.3, -0.25) is 4.79 Å². The summed E-state index contributed by atoms with van der Waals surface area (Å²) < 4.78 is 5.73. The Morgan fingerprint density at radius 2 is 1.97 bits per heavy atom. The quantitative estimate of drug-likeness (QED) is 0.449. The topological polar surface area (TPSA) is 62.1 Å². The number of carbonyl (C=O) groups excluding carboxylic acids is 1. The molecular weight excluding hydrogens is 404 g/mol. The lowest BCUT2D eigenvalue weighted by Crippen LogP contribution is -2.12. The lowest BCUT2D eigenvalue weighted by Gasteiger charge is -2.09. The number of hydrogen-bond donors (Lipinski definition) is 1. The Balaban J connectivity index is 1.59. The van der Waals surface area contributed by atoms with Crippen LogP contribution >= 0.6 is 22.9 Å². The Hall–Kier alpha value is -2.81. The Morgan fingerprint density at radius 3 is 2.66 bits per heavy atom. The fourth-order valence-corrected chi connectivity index (χ4v) is 4.34. The summed E-state index contributed by atoms with van der Waals surface area (Å²) in [5, 5.41) is 13.8. The van der Waals surface area contributed by atoms with E-state index < -0.39 is 0 Å². The van der Waals surface area contributed by atoms with Gasteiger partial charge < -0.3 is 10.1 Å². The van der Waals surface area contributed by atoms with Gasteiger partial charge in [0.15, 0.2) is 0 Å². The molecule has 0 aliphatic carbocycles. The largest absolute Gasteiger partial charge is 0.493 e. The van der Waals surface area contributed by atoms with Gasteiger partial charge in [0.25, 0.3) is 0 Å². The summed E-state index contributed by atoms with van der Waals surface area (Å²) in [6.45, 7) is 4.33. The molecule has 0 unspecified atom stereocenters. The maximum absolute atomic E-state index is 12.4. The molecule has 0 atom stereocenters. The third kappa shape index (κ3) is 5.17. The zero-order valence-corrected chi connectivity index (χ0v) is 17.9. The lowest BCUT2D eigenvalue weighted by molar-refractivity contribution is -0.116. The first-order valence-electron chi connectivity index (χ1n) is 9.27. The summed E-state index contributed by atoms with van der Waals surface area (Å²) >= 11 is 7.37. The van der Waals surface area contributed by atoms with Crippen molar-refractivity contribution in [1.82, 2.24) is 0 Å². The number of nitriles is 1. The van der Waals surface area contributed by atoms with Gasteiger partial charge in [0.2, 0.25) is 5.91 Å². The highest BCUT2D eigenvalue weighted by atomic mass is 35.5. The first kappa shape index (κ1) is 20.9. The summed E-state index contributed by atoms with van der Waals surface area (Å²) in [6, 6.07) is 17.5. The molecule has 3 rings (SSSR count). The van der Waals surface area contributed by atoms with Gasteiger partial charge in [-0.2, -0.15) is 5.26 Å². The van der Waals surface area contributed by atoms with Crippen LogP contribution in [0, 0.1) is 25.2 Å². The number of nitrogens with zero attached hydrogens (tertiary/aromatic N) is 1. The molecular formula is C23H21ClN2O2S. The van der Waals surface area contributed by atoms with Gasteiger partial charge in [0, 0.05) is 21.9 Å². The number of halogens is 1. The van der Waals surface area contributed by atoms with Gasteiger partial charge in [0.05, 0.1) is 12.2 Å². The van der Waals surface area contributed by atoms with E-state index in [0.717, 1.165) is 27.3 Å². The number of thiophene rings is 1. The van der Waals surface area contributed by atoms with Crippen molar-refractivity contribution in [2.45, 2.75) is 26.7 Å². The normalized spacial score (nSPS) is 10.4. The predicted octanol–water partition coefficient (Wildman–Crippen LogP) is 6.35. The van der Waals surface area contributed by atoms with Gasteiger partial charge in [-0.1, -0.05) is 41.9 Å². The van der Waals surface area contributed by atoms with Crippen LogP contribution in [0.5, 0.6) is 5.75 Å². The van der Waals surface area contributed by atoms with Crippen molar-refractivity contribution in [2.75, 3.05) is 11.9 Å². The Labute approximate surface area is 179 Å². The van der Waals surface area contributed by atoms with Crippen LogP contribution in [-0.4, -0.2) is 12.5 Å². The first-order chi connectivity index (χ1) is 14.0. The molecule has 0 aliphatic heterocycles. The third-order valence-corrected chi connectivity index (χ3v) is 5.71. The summed E-state index contributed by atoms with van der Waals surface area (Å²) in [5.41, 5.74) is 3.34. The summed E-state index contributed by atoms with van der Waals surface area (Å²) in [4.78, 5) is 13.4. The molecule has 29 heavy (non-hydrogen) atoms. The van der Waals surface area contributed by atoms with Crippen LogP contribution in [0.2, 0.25) is 5.02 Å². The van der Waals surface area contributed by atoms with E-state index in [9.17, 15) is 10.1 Å². The van der Waals surface area contributed by atoms with Gasteiger partial charge in [0.1, 0.15) is 16.8 Å². The number of amides is 1. The second-order valence-electron chi connectivity index (χ2n) is 6.63. The van der Waals surface area contributed by atoms with E-state index in [2.05, 4.69) is 11.4 Å². The molecule has 6 heteroatoms. The fourth-order valence-electron chi connectivity index (χ4n) is 3.07. The van der Waals surface area contributed by atoms with Crippen LogP contribution in [0.3, 0.4) is 0 Å². The molecule has 1 heterocycles. The predicted molar refractivity (Wildman–Crippen MR) is 119 cm³/mol. The van der Waals surface area contributed by atoms with E-state index in [1.165, 1.54) is 11.3 Å². The maximum atomic E-state index is 12.4. The molecule has 148 valence electrons. The zero-order valence-electron chi connectivity index (χ0n) is 16.3. The highest BCUT2D eigenvalue weighted by molar-refractivity contribution is 7.17. The highest BCUT2D eigenvalue weighted by Gasteiger charge is 2.18. The van der Waals surface area contributed by atoms with Crippen molar-refractivity contribution in [2.24, 2.45) is 0 Å². The van der Waals surface area contributed by atoms with Crippen molar-refractivity contribution in [3.63, 3.8) is 0 Å². The zero-order chi connectivity index (χ0) is 20.8. The van der Waals surface area contributed by atoms with E-state index in [4.69, 9.17) is 16.3 Å². The van der Waals surface area contributed by atoms with E-state index in [1.807, 2.05) is 56.3 Å². The van der Waals surface area contributed by atoms with E-state index in [-0.39, 0.29) is 5.91 Å². The van der Waals surface area contributed by atoms with Gasteiger partial charge in [-0.05, 0) is 49.6 Å². The Morgan fingerprint density at radius 1 is 1.21 bits per heavy atom. The third-order valence-electron chi connectivity index (χ3n) is 4.45. The van der Waals surface area contributed by atoms with Crippen molar-refractivity contribution >= 4 is 33.8 Å². The molecule has 1 aromatic heterocycles. The molecule has 0 saturated heterocycles. The number of hydrogen-bond acceptors (Lipinski definition) is 4. The van der Waals surface area contributed by atoms with Gasteiger partial charge in [-0.25, -0.2) is 0 Å². The second kappa shape index (κ2) is 9.60. The van der Waals surface area contributed by atoms with Crippen LogP contribution < -0.4 is 10.1 Å². The molecule has 0 spiro atoms. The van der Waals surface area contributed by atoms with E-state index in [0.29, 0.717) is 35.0 Å². The van der Waals surface area contributed by atoms with Crippen LogP contribution in [-0.2, 0) is 4.79 Å². The minimum atomic E-state index is -0.126. The molecule has 0 fully saturated rings. The standard InChI is InChI=1S/C23H21ClN2O2S/c1-15-13-18(24)10-11-20(15)28-12-6-9-21(27)26-23-19(14-25)22(16(2)29-23)17-7-4-3-5-8-17/h3-5,7-8,10-11,13H,6,9,12H2,1-2H3,(H,26,27). The number of anilines is 1. The smallest absolute Gasteiger partial charge is 0.225 e. The molecule has 0 bridgehead atoms. The van der Waals surface area contributed by atoms with E-state index in [1.54, 1.807) is 6.07 Å².